The van der Waals surface area contributed by atoms with Gasteiger partial charge in [-0.1, -0.05) is 6.08 Å². The molecule has 190 valence electrons. The van der Waals surface area contributed by atoms with Crippen molar-refractivity contribution in [3.63, 3.8) is 0 Å². The highest BCUT2D eigenvalue weighted by Gasteiger charge is 2.43. The Morgan fingerprint density at radius 1 is 1.26 bits per heavy atom. The maximum absolute atomic E-state index is 12.1. The van der Waals surface area contributed by atoms with Gasteiger partial charge >= 0.3 is 23.5 Å². The summed E-state index contributed by atoms with van der Waals surface area (Å²) in [5, 5.41) is 0.234. The third-order valence-corrected chi connectivity index (χ3v) is 8.14. The number of aromatic amines is 1. The second kappa shape index (κ2) is 10.1. The van der Waals surface area contributed by atoms with Crippen LogP contribution in [0.25, 0.3) is 11.0 Å². The smallest absolute Gasteiger partial charge is 0.371 e. The summed E-state index contributed by atoms with van der Waals surface area (Å²) in [7, 11) is -16.5. The number of phosphoric acid groups is 3. The Bertz CT molecular complexity index is 1260. The SMILES string of the molecule is C=CCO[C@@H]1C[C@H](n2ccc3c(=O)[nH]c(N)nc32)OC1COP(=O)(O)OP(=O)(O)OP(=O)(O)O. The molecule has 0 saturated carbocycles. The Morgan fingerprint density at radius 2 is 1.97 bits per heavy atom. The van der Waals surface area contributed by atoms with E-state index in [4.69, 9.17) is 25.0 Å². The molecule has 3 heterocycles. The molecule has 5 atom stereocenters. The number of nitrogens with two attached hydrogens (primary N) is 1. The van der Waals surface area contributed by atoms with Crippen LogP contribution in [-0.4, -0.2) is 59.5 Å². The van der Waals surface area contributed by atoms with E-state index >= 15 is 0 Å². The fourth-order valence-corrected chi connectivity index (χ4v) is 6.18. The number of ether oxygens (including phenoxy) is 2. The van der Waals surface area contributed by atoms with Crippen LogP contribution in [0.1, 0.15) is 12.6 Å². The molecule has 2 aromatic rings. The van der Waals surface area contributed by atoms with Crippen LogP contribution in [-0.2, 0) is 36.3 Å². The lowest BCUT2D eigenvalue weighted by atomic mass is 10.2. The molecule has 17 nitrogen and oxygen atoms in total. The van der Waals surface area contributed by atoms with Gasteiger partial charge in [-0.3, -0.25) is 14.3 Å². The van der Waals surface area contributed by atoms with Gasteiger partial charge in [0, 0.05) is 12.6 Å². The van der Waals surface area contributed by atoms with Gasteiger partial charge in [0.15, 0.2) is 5.65 Å². The molecule has 0 aromatic carbocycles. The number of H-pyrrole nitrogens is 1. The Balaban J connectivity index is 1.75. The van der Waals surface area contributed by atoms with Crippen LogP contribution in [0.2, 0.25) is 0 Å². The normalized spacial score (nSPS) is 24.6. The third kappa shape index (κ3) is 6.92. The van der Waals surface area contributed by atoms with Gasteiger partial charge in [0.05, 0.1) is 24.7 Å². The van der Waals surface area contributed by atoms with Crippen LogP contribution >= 0.6 is 23.5 Å². The van der Waals surface area contributed by atoms with Gasteiger partial charge in [-0.25, -0.2) is 13.7 Å². The minimum Gasteiger partial charge on any atom is -0.371 e. The van der Waals surface area contributed by atoms with E-state index in [2.05, 4.69) is 29.7 Å². The van der Waals surface area contributed by atoms with Gasteiger partial charge in [-0.2, -0.15) is 13.6 Å². The lowest BCUT2D eigenvalue weighted by molar-refractivity contribution is -0.0549. The third-order valence-electron chi connectivity index (χ3n) is 4.34. The van der Waals surface area contributed by atoms with Crippen LogP contribution in [0, 0.1) is 0 Å². The fraction of sp³-hybridized carbons (Fsp3) is 0.429. The molecule has 1 saturated heterocycles. The van der Waals surface area contributed by atoms with E-state index in [1.165, 1.54) is 22.9 Å². The molecule has 0 amide bonds. The number of fused-ring (bicyclic) bond motifs is 1. The molecular formula is C14H21N4O13P3. The van der Waals surface area contributed by atoms with Crippen molar-refractivity contribution >= 4 is 40.4 Å². The molecule has 0 spiro atoms. The summed E-state index contributed by atoms with van der Waals surface area (Å²) >= 11 is 0. The van der Waals surface area contributed by atoms with Gasteiger partial charge in [0.1, 0.15) is 12.3 Å². The van der Waals surface area contributed by atoms with E-state index in [1.807, 2.05) is 0 Å². The number of nitrogen functional groups attached to an aromatic ring is 1. The van der Waals surface area contributed by atoms with Crippen LogP contribution in [0.3, 0.4) is 0 Å². The second-order valence-corrected chi connectivity index (χ2v) is 11.2. The number of hydrogen-bond donors (Lipinski definition) is 6. The van der Waals surface area contributed by atoms with Crippen LogP contribution in [0.4, 0.5) is 5.95 Å². The largest absolute Gasteiger partial charge is 0.490 e. The van der Waals surface area contributed by atoms with Crippen molar-refractivity contribution < 1.29 is 55.9 Å². The zero-order valence-electron chi connectivity index (χ0n) is 17.1. The first-order chi connectivity index (χ1) is 15.7. The molecular weight excluding hydrogens is 525 g/mol. The molecule has 1 aliphatic heterocycles. The topological polar surface area (TPSA) is 255 Å². The average Bonchev–Trinajstić information content (AvgIpc) is 3.25. The summed E-state index contributed by atoms with van der Waals surface area (Å²) in [5.41, 5.74) is 5.35. The Hall–Kier alpha value is -1.71. The van der Waals surface area contributed by atoms with Crippen molar-refractivity contribution in [3.8, 4) is 0 Å². The number of phosphoric ester groups is 1. The quantitative estimate of drug-likeness (QED) is 0.166. The molecule has 3 unspecified atom stereocenters. The summed E-state index contributed by atoms with van der Waals surface area (Å²) in [5.74, 6) is -0.126. The molecule has 0 bridgehead atoms. The van der Waals surface area contributed by atoms with Crippen LogP contribution in [0.15, 0.2) is 29.7 Å². The molecule has 2 aromatic heterocycles. The summed E-state index contributed by atoms with van der Waals surface area (Å²) in [6.45, 7) is 2.89. The van der Waals surface area contributed by atoms with Crippen LogP contribution in [0.5, 0.6) is 0 Å². The van der Waals surface area contributed by atoms with Crippen molar-refractivity contribution in [1.29, 1.82) is 0 Å². The molecule has 0 radical (unpaired) electrons. The first-order valence-electron chi connectivity index (χ1n) is 9.22. The summed E-state index contributed by atoms with van der Waals surface area (Å²) in [6.07, 6.45) is 0.566. The maximum Gasteiger partial charge on any atom is 0.490 e. The highest BCUT2D eigenvalue weighted by atomic mass is 31.3. The summed E-state index contributed by atoms with van der Waals surface area (Å²) in [6, 6.07) is 1.49. The minimum absolute atomic E-state index is 0.0732. The average molecular weight is 546 g/mol. The van der Waals surface area contributed by atoms with Crippen molar-refractivity contribution in [3.05, 3.63) is 35.3 Å². The summed E-state index contributed by atoms with van der Waals surface area (Å²) < 4.78 is 59.1. The van der Waals surface area contributed by atoms with E-state index in [0.717, 1.165) is 0 Å². The van der Waals surface area contributed by atoms with E-state index in [-0.39, 0.29) is 30.0 Å². The highest BCUT2D eigenvalue weighted by molar-refractivity contribution is 7.66. The van der Waals surface area contributed by atoms with E-state index in [1.54, 1.807) is 0 Å². The summed E-state index contributed by atoms with van der Waals surface area (Å²) in [4.78, 5) is 54.6. The van der Waals surface area contributed by atoms with Crippen molar-refractivity contribution in [1.82, 2.24) is 14.5 Å². The number of rotatable bonds is 11. The maximum atomic E-state index is 12.1. The highest BCUT2D eigenvalue weighted by Crippen LogP contribution is 2.66. The molecule has 34 heavy (non-hydrogen) atoms. The molecule has 0 aliphatic carbocycles. The van der Waals surface area contributed by atoms with E-state index in [0.29, 0.717) is 0 Å². The zero-order chi connectivity index (χ0) is 25.3. The molecule has 1 fully saturated rings. The monoisotopic (exact) mass is 546 g/mol. The van der Waals surface area contributed by atoms with Crippen molar-refractivity contribution in [2.75, 3.05) is 18.9 Å². The standard InChI is InChI=1S/C14H21N4O13P3/c1-2-5-27-9-6-11(18-4-3-8-12(18)16-14(15)17-13(8)19)29-10(9)7-28-33(23,24)31-34(25,26)30-32(20,21)22/h2-4,9-11H,1,5-7H2,(H,23,24)(H,25,26)(H2,20,21,22)(H3,15,16,17,19)/t9-,10?,11-/m1/s1. The Morgan fingerprint density at radius 3 is 2.62 bits per heavy atom. The van der Waals surface area contributed by atoms with Gasteiger partial charge in [-0.05, 0) is 6.07 Å². The first-order valence-corrected chi connectivity index (χ1v) is 13.7. The predicted octanol–water partition coefficient (Wildman–Crippen LogP) is 0.509. The number of hydrogen-bond acceptors (Lipinski definition) is 11. The number of aromatic nitrogens is 3. The molecule has 7 N–H and O–H groups in total. The first kappa shape index (κ1) is 26.9. The fourth-order valence-electron chi connectivity index (χ4n) is 3.15. The number of nitrogens with one attached hydrogen (secondary N) is 1. The van der Waals surface area contributed by atoms with Gasteiger partial charge in [-0.15, -0.1) is 6.58 Å². The lowest BCUT2D eigenvalue weighted by Gasteiger charge is -2.21. The molecule has 3 rings (SSSR count). The zero-order valence-corrected chi connectivity index (χ0v) is 19.8. The second-order valence-electron chi connectivity index (χ2n) is 6.82. The lowest BCUT2D eigenvalue weighted by Crippen LogP contribution is -2.29. The van der Waals surface area contributed by atoms with Gasteiger partial charge in [0.25, 0.3) is 5.56 Å². The predicted molar refractivity (Wildman–Crippen MR) is 113 cm³/mol. The molecule has 1 aliphatic rings. The van der Waals surface area contributed by atoms with E-state index in [9.17, 15) is 28.3 Å². The Labute approximate surface area is 190 Å². The van der Waals surface area contributed by atoms with Gasteiger partial charge < -0.3 is 39.3 Å². The van der Waals surface area contributed by atoms with E-state index < -0.39 is 54.1 Å². The van der Waals surface area contributed by atoms with Crippen molar-refractivity contribution in [2.24, 2.45) is 0 Å². The van der Waals surface area contributed by atoms with Gasteiger partial charge in [0.2, 0.25) is 5.95 Å². The number of anilines is 1. The molecule has 20 heteroatoms. The minimum atomic E-state index is -5.66. The number of nitrogens with zero attached hydrogens (tertiary/aromatic N) is 2. The van der Waals surface area contributed by atoms with Crippen LogP contribution < -0.4 is 11.3 Å². The Kier molecular flexibility index (Phi) is 7.99. The van der Waals surface area contributed by atoms with Crippen molar-refractivity contribution in [2.45, 2.75) is 24.9 Å².